The van der Waals surface area contributed by atoms with E-state index >= 15 is 0 Å². The first kappa shape index (κ1) is 17.2. The summed E-state index contributed by atoms with van der Waals surface area (Å²) in [5.74, 6) is -4.54. The van der Waals surface area contributed by atoms with E-state index in [0.29, 0.717) is 0 Å². The molecule has 0 aliphatic carbocycles. The van der Waals surface area contributed by atoms with Gasteiger partial charge in [0.25, 0.3) is 0 Å². The van der Waals surface area contributed by atoms with Crippen molar-refractivity contribution in [2.24, 2.45) is 5.92 Å². The Morgan fingerprint density at radius 3 is 2.06 bits per heavy atom. The minimum Gasteiger partial charge on any atom is -0.481 e. The Balaban J connectivity index is 4.56. The molecule has 0 aromatic rings. The van der Waals surface area contributed by atoms with Crippen LogP contribution in [0.2, 0.25) is 0 Å². The van der Waals surface area contributed by atoms with Crippen molar-refractivity contribution in [2.45, 2.75) is 24.8 Å². The highest BCUT2D eigenvalue weighted by Gasteiger charge is 2.45. The summed E-state index contributed by atoms with van der Waals surface area (Å²) < 4.78 is 58.2. The molecule has 108 valence electrons. The third-order valence-corrected chi connectivity index (χ3v) is 4.75. The van der Waals surface area contributed by atoms with E-state index in [1.54, 1.807) is 0 Å². The lowest BCUT2D eigenvalue weighted by Gasteiger charge is -2.24. The van der Waals surface area contributed by atoms with Crippen LogP contribution in [0.3, 0.4) is 0 Å². The van der Waals surface area contributed by atoms with Crippen LogP contribution >= 0.6 is 0 Å². The van der Waals surface area contributed by atoms with Gasteiger partial charge in [-0.15, -0.1) is 0 Å². The molecule has 1 unspecified atom stereocenters. The van der Waals surface area contributed by atoms with Crippen molar-refractivity contribution in [1.29, 1.82) is 0 Å². The van der Waals surface area contributed by atoms with Crippen LogP contribution in [0.4, 0.5) is 13.2 Å². The third kappa shape index (κ3) is 4.81. The summed E-state index contributed by atoms with van der Waals surface area (Å²) in [6, 6.07) is 0. The first-order valence-corrected chi connectivity index (χ1v) is 6.88. The van der Waals surface area contributed by atoms with Crippen molar-refractivity contribution in [2.75, 3.05) is 19.3 Å². The van der Waals surface area contributed by atoms with E-state index in [4.69, 9.17) is 5.11 Å². The number of hydrogen-bond acceptors (Lipinski definition) is 4. The van der Waals surface area contributed by atoms with Crippen molar-refractivity contribution in [1.82, 2.24) is 5.32 Å². The largest absolute Gasteiger partial charge is 0.481 e. The van der Waals surface area contributed by atoms with E-state index in [1.165, 1.54) is 13.8 Å². The van der Waals surface area contributed by atoms with Gasteiger partial charge in [-0.25, -0.2) is 8.42 Å². The normalized spacial score (nSPS) is 15.4. The number of sulfone groups is 1. The van der Waals surface area contributed by atoms with Crippen molar-refractivity contribution in [3.05, 3.63) is 0 Å². The number of carboxylic acids is 1. The van der Waals surface area contributed by atoms with Gasteiger partial charge in [-0.3, -0.25) is 4.79 Å². The molecular formula is C9H16F3NO4S. The molecule has 18 heavy (non-hydrogen) atoms. The van der Waals surface area contributed by atoms with Crippen LogP contribution in [0.5, 0.6) is 0 Å². The fourth-order valence-electron chi connectivity index (χ4n) is 0.992. The summed E-state index contributed by atoms with van der Waals surface area (Å²) in [5, 5.41) is 10.7. The van der Waals surface area contributed by atoms with Crippen molar-refractivity contribution in [3.8, 4) is 0 Å². The zero-order chi connectivity index (χ0) is 14.8. The second-order valence-corrected chi connectivity index (χ2v) is 7.24. The van der Waals surface area contributed by atoms with Gasteiger partial charge in [0.2, 0.25) is 0 Å². The Hall–Kier alpha value is -0.830. The lowest BCUT2D eigenvalue weighted by atomic mass is 10.1. The van der Waals surface area contributed by atoms with E-state index in [1.807, 2.05) is 0 Å². The molecule has 0 heterocycles. The molecule has 0 aromatic heterocycles. The van der Waals surface area contributed by atoms with Crippen LogP contribution in [0.1, 0.15) is 13.8 Å². The predicted octanol–water partition coefficient (Wildman–Crippen LogP) is 0.662. The molecule has 0 aromatic carbocycles. The van der Waals surface area contributed by atoms with Gasteiger partial charge in [-0.2, -0.15) is 13.2 Å². The quantitative estimate of drug-likeness (QED) is 0.751. The smallest absolute Gasteiger partial charge is 0.403 e. The van der Waals surface area contributed by atoms with Gasteiger partial charge in [0.1, 0.15) is 0 Å². The van der Waals surface area contributed by atoms with E-state index in [-0.39, 0.29) is 6.54 Å². The van der Waals surface area contributed by atoms with Crippen molar-refractivity contribution in [3.63, 3.8) is 0 Å². The lowest BCUT2D eigenvalue weighted by Crippen LogP contribution is -2.46. The molecule has 0 saturated heterocycles. The van der Waals surface area contributed by atoms with Crippen LogP contribution < -0.4 is 5.32 Å². The summed E-state index contributed by atoms with van der Waals surface area (Å²) in [6.07, 6.45) is -3.90. The minimum atomic E-state index is -4.87. The van der Waals surface area contributed by atoms with Crippen LogP contribution in [0.25, 0.3) is 0 Å². The van der Waals surface area contributed by atoms with Crippen molar-refractivity contribution >= 4 is 15.8 Å². The molecule has 2 N–H and O–H groups in total. The number of carbonyl (C=O) groups is 1. The zero-order valence-corrected chi connectivity index (χ0v) is 11.0. The van der Waals surface area contributed by atoms with Crippen LogP contribution in [-0.4, -0.2) is 49.8 Å². The maximum absolute atomic E-state index is 12.3. The summed E-state index contributed by atoms with van der Waals surface area (Å²) in [7, 11) is -3.45. The van der Waals surface area contributed by atoms with Gasteiger partial charge in [-0.05, 0) is 13.8 Å². The standard InChI is InChI=1S/C9H16F3NO4S/c1-8(2,18(3,16)17)5-13-4-6(7(14)15)9(10,11)12/h6,13H,4-5H2,1-3H3,(H,14,15). The molecular weight excluding hydrogens is 275 g/mol. The summed E-state index contributed by atoms with van der Waals surface area (Å²) in [6.45, 7) is 1.57. The molecule has 0 aliphatic heterocycles. The Labute approximate surface area is 103 Å². The summed E-state index contributed by atoms with van der Waals surface area (Å²) in [4.78, 5) is 10.4. The Morgan fingerprint density at radius 1 is 1.33 bits per heavy atom. The molecule has 0 saturated carbocycles. The highest BCUT2D eigenvalue weighted by atomic mass is 32.2. The van der Waals surface area contributed by atoms with E-state index in [2.05, 4.69) is 5.32 Å². The second-order valence-electron chi connectivity index (χ2n) is 4.60. The highest BCUT2D eigenvalue weighted by molar-refractivity contribution is 7.92. The SMILES string of the molecule is CC(C)(CNCC(C(=O)O)C(F)(F)F)S(C)(=O)=O. The first-order valence-electron chi connectivity index (χ1n) is 4.99. The number of nitrogens with one attached hydrogen (secondary N) is 1. The average molecular weight is 291 g/mol. The number of carboxylic acid groups (broad SMARTS) is 1. The molecule has 0 rings (SSSR count). The van der Waals surface area contributed by atoms with Gasteiger partial charge in [-0.1, -0.05) is 0 Å². The second kappa shape index (κ2) is 5.43. The van der Waals surface area contributed by atoms with E-state index in [9.17, 15) is 26.4 Å². The average Bonchev–Trinajstić information content (AvgIpc) is 2.07. The third-order valence-electron chi connectivity index (χ3n) is 2.60. The van der Waals surface area contributed by atoms with E-state index < -0.39 is 39.2 Å². The summed E-state index contributed by atoms with van der Waals surface area (Å²) in [5.41, 5.74) is 0. The fraction of sp³-hybridized carbons (Fsp3) is 0.889. The van der Waals surface area contributed by atoms with Crippen molar-refractivity contribution < 1.29 is 31.5 Å². The Morgan fingerprint density at radius 2 is 1.78 bits per heavy atom. The number of hydrogen-bond donors (Lipinski definition) is 2. The molecule has 0 amide bonds. The Bertz CT molecular complexity index is 403. The fourth-order valence-corrected chi connectivity index (χ4v) is 1.36. The van der Waals surface area contributed by atoms with Gasteiger partial charge < -0.3 is 10.4 Å². The van der Waals surface area contributed by atoms with E-state index in [0.717, 1.165) is 6.26 Å². The number of halogens is 3. The first-order chi connectivity index (χ1) is 7.79. The number of aliphatic carboxylic acids is 1. The van der Waals surface area contributed by atoms with Gasteiger partial charge >= 0.3 is 12.1 Å². The van der Waals surface area contributed by atoms with Gasteiger partial charge in [0.15, 0.2) is 15.8 Å². The molecule has 1 atom stereocenters. The maximum Gasteiger partial charge on any atom is 0.403 e. The van der Waals surface area contributed by atoms with Gasteiger partial charge in [0.05, 0.1) is 4.75 Å². The lowest BCUT2D eigenvalue weighted by molar-refractivity contribution is -0.192. The van der Waals surface area contributed by atoms with Gasteiger partial charge in [0, 0.05) is 19.3 Å². The predicted molar refractivity (Wildman–Crippen MR) is 59.0 cm³/mol. The monoisotopic (exact) mass is 291 g/mol. The van der Waals surface area contributed by atoms with Crippen LogP contribution in [0.15, 0.2) is 0 Å². The van der Waals surface area contributed by atoms with Crippen LogP contribution in [0, 0.1) is 5.92 Å². The minimum absolute atomic E-state index is 0.258. The number of alkyl halides is 3. The topological polar surface area (TPSA) is 83.5 Å². The zero-order valence-electron chi connectivity index (χ0n) is 10.2. The molecule has 0 bridgehead atoms. The molecule has 0 radical (unpaired) electrons. The molecule has 5 nitrogen and oxygen atoms in total. The molecule has 0 spiro atoms. The maximum atomic E-state index is 12.3. The molecule has 9 heteroatoms. The Kier molecular flexibility index (Phi) is 5.18. The number of rotatable bonds is 6. The highest BCUT2D eigenvalue weighted by Crippen LogP contribution is 2.26. The van der Waals surface area contributed by atoms with Crippen LogP contribution in [-0.2, 0) is 14.6 Å². The molecule has 0 aliphatic rings. The summed E-state index contributed by atoms with van der Waals surface area (Å²) >= 11 is 0. The molecule has 0 fully saturated rings.